The third-order valence-corrected chi connectivity index (χ3v) is 4.27. The van der Waals surface area contributed by atoms with Crippen LogP contribution in [0.25, 0.3) is 10.8 Å². The van der Waals surface area contributed by atoms with Crippen molar-refractivity contribution in [3.05, 3.63) is 66.2 Å². The molecule has 0 aromatic heterocycles. The maximum Gasteiger partial charge on any atom is 0.115 e. The fourth-order valence-corrected chi connectivity index (χ4v) is 3.04. The Hall–Kier alpha value is -1.93. The van der Waals surface area contributed by atoms with Crippen LogP contribution in [0.1, 0.15) is 5.56 Å². The predicted molar refractivity (Wildman–Crippen MR) is 80.9 cm³/mol. The summed E-state index contributed by atoms with van der Waals surface area (Å²) in [5.41, 5.74) is 1.10. The van der Waals surface area contributed by atoms with Crippen LogP contribution in [0.2, 0.25) is 0 Å². The lowest BCUT2D eigenvalue weighted by Crippen LogP contribution is -1.80. The molecule has 2 heteroatoms. The molecule has 0 fully saturated rings. The number of fused-ring (bicyclic) bond motifs is 1. The highest BCUT2D eigenvalue weighted by Gasteiger charge is 2.03. The monoisotopic (exact) mass is 266 g/mol. The quantitative estimate of drug-likeness (QED) is 0.704. The van der Waals surface area contributed by atoms with Gasteiger partial charge >= 0.3 is 0 Å². The van der Waals surface area contributed by atoms with Crippen LogP contribution < -0.4 is 0 Å². The van der Waals surface area contributed by atoms with Crippen LogP contribution in [0.5, 0.6) is 5.75 Å². The van der Waals surface area contributed by atoms with Gasteiger partial charge in [-0.2, -0.15) is 0 Å². The van der Waals surface area contributed by atoms with Gasteiger partial charge in [0, 0.05) is 9.79 Å². The summed E-state index contributed by atoms with van der Waals surface area (Å²) >= 11 is 1.73. The molecule has 1 N–H and O–H groups in total. The first-order valence-corrected chi connectivity index (χ1v) is 7.00. The van der Waals surface area contributed by atoms with E-state index in [-0.39, 0.29) is 0 Å². The number of aryl methyl sites for hydroxylation is 1. The lowest BCUT2D eigenvalue weighted by atomic mass is 10.1. The van der Waals surface area contributed by atoms with E-state index >= 15 is 0 Å². The molecule has 0 aliphatic heterocycles. The Balaban J connectivity index is 1.96. The summed E-state index contributed by atoms with van der Waals surface area (Å²) in [6.45, 7) is 2.02. The first-order valence-electron chi connectivity index (χ1n) is 6.19. The van der Waals surface area contributed by atoms with Crippen LogP contribution in [0.4, 0.5) is 0 Å². The van der Waals surface area contributed by atoms with Gasteiger partial charge in [-0.25, -0.2) is 0 Å². The molecule has 94 valence electrons. The van der Waals surface area contributed by atoms with Gasteiger partial charge in [-0.1, -0.05) is 42.1 Å². The average Bonchev–Trinajstić information content (AvgIpc) is 2.42. The molecule has 0 spiro atoms. The molecule has 0 bridgehead atoms. The summed E-state index contributed by atoms with van der Waals surface area (Å²) in [7, 11) is 0. The second-order valence-electron chi connectivity index (χ2n) is 4.56. The third-order valence-electron chi connectivity index (χ3n) is 3.11. The van der Waals surface area contributed by atoms with E-state index in [2.05, 4.69) is 42.5 Å². The van der Waals surface area contributed by atoms with Crippen molar-refractivity contribution in [2.45, 2.75) is 16.7 Å². The number of rotatable bonds is 2. The summed E-state index contributed by atoms with van der Waals surface area (Å²) in [6.07, 6.45) is 0. The van der Waals surface area contributed by atoms with Crippen molar-refractivity contribution in [2.24, 2.45) is 0 Å². The predicted octanol–water partition coefficient (Wildman–Crippen LogP) is 5.01. The molecular weight excluding hydrogens is 252 g/mol. The van der Waals surface area contributed by atoms with Gasteiger partial charge in [0.05, 0.1) is 0 Å². The van der Waals surface area contributed by atoms with Gasteiger partial charge in [0.25, 0.3) is 0 Å². The molecule has 3 aromatic carbocycles. The standard InChI is InChI=1S/C17H14OS/c1-12-10-15(18)7-9-17(12)19-16-8-6-13-4-2-3-5-14(13)11-16/h2-11,18H,1H3. The Morgan fingerprint density at radius 1 is 0.842 bits per heavy atom. The molecular formula is C17H14OS. The number of aromatic hydroxyl groups is 1. The van der Waals surface area contributed by atoms with Crippen molar-refractivity contribution in [3.8, 4) is 5.75 Å². The SMILES string of the molecule is Cc1cc(O)ccc1Sc1ccc2ccccc2c1. The van der Waals surface area contributed by atoms with E-state index in [9.17, 15) is 5.11 Å². The van der Waals surface area contributed by atoms with Gasteiger partial charge in [0.2, 0.25) is 0 Å². The van der Waals surface area contributed by atoms with Crippen molar-refractivity contribution in [1.29, 1.82) is 0 Å². The van der Waals surface area contributed by atoms with Crippen molar-refractivity contribution in [1.82, 2.24) is 0 Å². The molecule has 3 aromatic rings. The number of hydrogen-bond acceptors (Lipinski definition) is 2. The number of phenols is 1. The lowest BCUT2D eigenvalue weighted by Gasteiger charge is -2.07. The highest BCUT2D eigenvalue weighted by molar-refractivity contribution is 7.99. The van der Waals surface area contributed by atoms with Gasteiger partial charge in [-0.05, 0) is 53.6 Å². The van der Waals surface area contributed by atoms with Gasteiger partial charge < -0.3 is 5.11 Å². The van der Waals surface area contributed by atoms with Crippen LogP contribution in [-0.2, 0) is 0 Å². The van der Waals surface area contributed by atoms with Crippen molar-refractivity contribution in [3.63, 3.8) is 0 Å². The molecule has 0 radical (unpaired) electrons. The maximum absolute atomic E-state index is 9.44. The molecule has 0 unspecified atom stereocenters. The van der Waals surface area contributed by atoms with E-state index in [1.54, 1.807) is 23.9 Å². The zero-order valence-electron chi connectivity index (χ0n) is 10.6. The van der Waals surface area contributed by atoms with E-state index in [1.807, 2.05) is 13.0 Å². The smallest absolute Gasteiger partial charge is 0.115 e. The van der Waals surface area contributed by atoms with E-state index in [0.29, 0.717) is 5.75 Å². The minimum Gasteiger partial charge on any atom is -0.508 e. The zero-order chi connectivity index (χ0) is 13.2. The fraction of sp³-hybridized carbons (Fsp3) is 0.0588. The normalized spacial score (nSPS) is 10.8. The molecule has 0 heterocycles. The molecule has 1 nitrogen and oxygen atoms in total. The van der Waals surface area contributed by atoms with E-state index in [1.165, 1.54) is 20.6 Å². The van der Waals surface area contributed by atoms with E-state index in [4.69, 9.17) is 0 Å². The van der Waals surface area contributed by atoms with E-state index in [0.717, 1.165) is 5.56 Å². The number of phenolic OH excluding ortho intramolecular Hbond substituents is 1. The first kappa shape index (κ1) is 12.1. The second kappa shape index (κ2) is 4.98. The van der Waals surface area contributed by atoms with Gasteiger partial charge in [-0.3, -0.25) is 0 Å². The summed E-state index contributed by atoms with van der Waals surface area (Å²) in [5, 5.41) is 11.9. The van der Waals surface area contributed by atoms with Crippen molar-refractivity contribution < 1.29 is 5.11 Å². The van der Waals surface area contributed by atoms with Gasteiger partial charge in [-0.15, -0.1) is 0 Å². The Morgan fingerprint density at radius 2 is 1.63 bits per heavy atom. The third kappa shape index (κ3) is 2.59. The highest BCUT2D eigenvalue weighted by Crippen LogP contribution is 2.33. The minimum absolute atomic E-state index is 0.320. The summed E-state index contributed by atoms with van der Waals surface area (Å²) in [6, 6.07) is 20.3. The molecule has 0 saturated heterocycles. The molecule has 0 atom stereocenters. The van der Waals surface area contributed by atoms with Crippen molar-refractivity contribution >= 4 is 22.5 Å². The lowest BCUT2D eigenvalue weighted by molar-refractivity contribution is 0.474. The summed E-state index contributed by atoms with van der Waals surface area (Å²) < 4.78 is 0. The van der Waals surface area contributed by atoms with E-state index < -0.39 is 0 Å². The maximum atomic E-state index is 9.44. The van der Waals surface area contributed by atoms with Gasteiger partial charge in [0.15, 0.2) is 0 Å². The summed E-state index contributed by atoms with van der Waals surface area (Å²) in [4.78, 5) is 2.39. The van der Waals surface area contributed by atoms with Gasteiger partial charge in [0.1, 0.15) is 5.75 Å². The topological polar surface area (TPSA) is 20.2 Å². The average molecular weight is 266 g/mol. The first-order chi connectivity index (χ1) is 9.22. The largest absolute Gasteiger partial charge is 0.508 e. The van der Waals surface area contributed by atoms with Crippen LogP contribution in [0.3, 0.4) is 0 Å². The minimum atomic E-state index is 0.320. The molecule has 19 heavy (non-hydrogen) atoms. The number of hydrogen-bond donors (Lipinski definition) is 1. The Morgan fingerprint density at radius 3 is 2.42 bits per heavy atom. The van der Waals surface area contributed by atoms with Crippen LogP contribution in [0, 0.1) is 6.92 Å². The second-order valence-corrected chi connectivity index (χ2v) is 5.68. The van der Waals surface area contributed by atoms with Crippen LogP contribution in [0.15, 0.2) is 70.5 Å². The number of benzene rings is 3. The fourth-order valence-electron chi connectivity index (χ4n) is 2.11. The summed E-state index contributed by atoms with van der Waals surface area (Å²) in [5.74, 6) is 0.320. The molecule has 0 saturated carbocycles. The van der Waals surface area contributed by atoms with Crippen LogP contribution >= 0.6 is 11.8 Å². The highest BCUT2D eigenvalue weighted by atomic mass is 32.2. The Bertz CT molecular complexity index is 734. The Labute approximate surface area is 116 Å². The molecule has 0 amide bonds. The molecule has 3 rings (SSSR count). The molecule has 0 aliphatic rings. The zero-order valence-corrected chi connectivity index (χ0v) is 11.4. The van der Waals surface area contributed by atoms with Crippen LogP contribution in [-0.4, -0.2) is 5.11 Å². The molecule has 0 aliphatic carbocycles. The van der Waals surface area contributed by atoms with Crippen molar-refractivity contribution in [2.75, 3.05) is 0 Å². The Kier molecular flexibility index (Phi) is 3.18.